The molecule has 1 aromatic carbocycles. The van der Waals surface area contributed by atoms with Crippen molar-refractivity contribution in [1.82, 2.24) is 20.3 Å². The lowest BCUT2D eigenvalue weighted by Gasteiger charge is -2.20. The Balaban J connectivity index is 2.03. The van der Waals surface area contributed by atoms with E-state index in [0.717, 1.165) is 5.56 Å². The third kappa shape index (κ3) is 3.67. The number of aromatic nitrogens is 3. The monoisotopic (exact) mass is 356 g/mol. The quantitative estimate of drug-likeness (QED) is 0.625. The summed E-state index contributed by atoms with van der Waals surface area (Å²) < 4.78 is 0. The van der Waals surface area contributed by atoms with Crippen LogP contribution in [0.5, 0.6) is 0 Å². The maximum absolute atomic E-state index is 11.6. The molecule has 1 amide bonds. The van der Waals surface area contributed by atoms with Crippen LogP contribution in [0.4, 0.5) is 5.82 Å². The summed E-state index contributed by atoms with van der Waals surface area (Å²) >= 11 is 6.11. The average Bonchev–Trinajstić information content (AvgIpc) is 2.61. The lowest BCUT2D eigenvalue weighted by molar-refractivity contribution is 0.100. The van der Waals surface area contributed by atoms with E-state index in [0.29, 0.717) is 34.0 Å². The third-order valence-corrected chi connectivity index (χ3v) is 3.99. The van der Waals surface area contributed by atoms with Gasteiger partial charge < -0.3 is 16.4 Å². The fourth-order valence-corrected chi connectivity index (χ4v) is 2.81. The highest BCUT2D eigenvalue weighted by atomic mass is 35.5. The van der Waals surface area contributed by atoms with E-state index in [9.17, 15) is 4.79 Å². The zero-order valence-electron chi connectivity index (χ0n) is 13.5. The van der Waals surface area contributed by atoms with Crippen molar-refractivity contribution in [2.45, 2.75) is 6.04 Å². The number of pyridine rings is 1. The predicted molar refractivity (Wildman–Crippen MR) is 97.6 cm³/mol. The molecule has 1 unspecified atom stereocenters. The summed E-state index contributed by atoms with van der Waals surface area (Å²) in [7, 11) is 1.86. The Morgan fingerprint density at radius 2 is 2.08 bits per heavy atom. The first kappa shape index (κ1) is 17.1. The molecule has 0 radical (unpaired) electrons. The van der Waals surface area contributed by atoms with Gasteiger partial charge >= 0.3 is 0 Å². The average molecular weight is 357 g/mol. The minimum atomic E-state index is -0.557. The normalized spacial score (nSPS) is 12.1. The number of primary amides is 1. The van der Waals surface area contributed by atoms with Crippen LogP contribution in [0, 0.1) is 0 Å². The van der Waals surface area contributed by atoms with Gasteiger partial charge in [0.1, 0.15) is 17.4 Å². The molecule has 8 heteroatoms. The molecule has 0 aliphatic carbocycles. The number of fused-ring (bicyclic) bond motifs is 1. The first-order chi connectivity index (χ1) is 12.1. The summed E-state index contributed by atoms with van der Waals surface area (Å²) in [5.74, 6) is -0.0352. The highest BCUT2D eigenvalue weighted by Gasteiger charge is 2.16. The Labute approximate surface area is 149 Å². The zero-order chi connectivity index (χ0) is 17.8. The molecular formula is C17H17ClN6O. The molecule has 4 N–H and O–H groups in total. The zero-order valence-corrected chi connectivity index (χ0v) is 14.3. The van der Waals surface area contributed by atoms with Gasteiger partial charge in [0.25, 0.3) is 5.91 Å². The molecule has 0 saturated carbocycles. The van der Waals surface area contributed by atoms with E-state index in [1.807, 2.05) is 31.3 Å². The Morgan fingerprint density at radius 1 is 1.24 bits per heavy atom. The molecular weight excluding hydrogens is 340 g/mol. The number of benzene rings is 1. The summed E-state index contributed by atoms with van der Waals surface area (Å²) in [4.78, 5) is 24.3. The molecule has 7 nitrogen and oxygen atoms in total. The summed E-state index contributed by atoms with van der Waals surface area (Å²) in [6.45, 7) is 0.640. The van der Waals surface area contributed by atoms with Gasteiger partial charge in [-0.15, -0.1) is 0 Å². The topological polar surface area (TPSA) is 106 Å². The van der Waals surface area contributed by atoms with Crippen molar-refractivity contribution >= 4 is 34.4 Å². The predicted octanol–water partition coefficient (Wildman–Crippen LogP) is 2.15. The summed E-state index contributed by atoms with van der Waals surface area (Å²) in [5.41, 5.74) is 7.63. The van der Waals surface area contributed by atoms with Gasteiger partial charge in [0.15, 0.2) is 5.82 Å². The first-order valence-electron chi connectivity index (χ1n) is 7.66. The first-order valence-corrected chi connectivity index (χ1v) is 8.04. The summed E-state index contributed by atoms with van der Waals surface area (Å²) in [5, 5.41) is 7.14. The fourth-order valence-electron chi connectivity index (χ4n) is 2.61. The number of nitrogens with one attached hydrogen (secondary N) is 2. The van der Waals surface area contributed by atoms with E-state index in [2.05, 4.69) is 25.6 Å². The van der Waals surface area contributed by atoms with Crippen LogP contribution in [0.25, 0.3) is 11.0 Å². The van der Waals surface area contributed by atoms with Crippen LogP contribution in [-0.4, -0.2) is 34.5 Å². The van der Waals surface area contributed by atoms with Gasteiger partial charge in [0.2, 0.25) is 0 Å². The molecule has 0 bridgehead atoms. The standard InChI is InChI=1S/C17H17ClN6O/c1-20-8-13(10-3-2-4-11(18)7-10)24-17-15-14(22-9-23-17)12(16(19)25)5-6-21-15/h2-7,9,13,20H,8H2,1H3,(H2,19,25)(H,22,23,24). The van der Waals surface area contributed by atoms with Crippen LogP contribution >= 0.6 is 11.6 Å². The number of anilines is 1. The number of hydrogen-bond donors (Lipinski definition) is 3. The van der Waals surface area contributed by atoms with E-state index in [4.69, 9.17) is 17.3 Å². The Hall–Kier alpha value is -2.77. The molecule has 3 rings (SSSR count). The number of nitrogens with zero attached hydrogens (tertiary/aromatic N) is 3. The van der Waals surface area contributed by atoms with Gasteiger partial charge in [0.05, 0.1) is 11.6 Å². The second kappa shape index (κ2) is 7.42. The number of rotatable bonds is 6. The van der Waals surface area contributed by atoms with Crippen LogP contribution in [-0.2, 0) is 0 Å². The van der Waals surface area contributed by atoms with Gasteiger partial charge in [0, 0.05) is 17.8 Å². The third-order valence-electron chi connectivity index (χ3n) is 3.76. The van der Waals surface area contributed by atoms with Crippen LogP contribution in [0.3, 0.4) is 0 Å². The van der Waals surface area contributed by atoms with Gasteiger partial charge in [-0.05, 0) is 30.8 Å². The van der Waals surface area contributed by atoms with Crippen molar-refractivity contribution in [1.29, 1.82) is 0 Å². The molecule has 2 aromatic heterocycles. The summed E-state index contributed by atoms with van der Waals surface area (Å²) in [6.07, 6.45) is 2.90. The molecule has 25 heavy (non-hydrogen) atoms. The van der Waals surface area contributed by atoms with Crippen molar-refractivity contribution in [2.24, 2.45) is 5.73 Å². The van der Waals surface area contributed by atoms with Crippen molar-refractivity contribution in [3.8, 4) is 0 Å². The molecule has 1 atom stereocenters. The molecule has 3 aromatic rings. The molecule has 0 saturated heterocycles. The smallest absolute Gasteiger partial charge is 0.251 e. The van der Waals surface area contributed by atoms with Gasteiger partial charge in [-0.3, -0.25) is 9.78 Å². The van der Waals surface area contributed by atoms with Crippen molar-refractivity contribution < 1.29 is 4.79 Å². The van der Waals surface area contributed by atoms with Crippen molar-refractivity contribution in [3.63, 3.8) is 0 Å². The Kier molecular flexibility index (Phi) is 5.06. The van der Waals surface area contributed by atoms with E-state index in [1.54, 1.807) is 6.07 Å². The Morgan fingerprint density at radius 3 is 2.80 bits per heavy atom. The maximum Gasteiger partial charge on any atom is 0.251 e. The van der Waals surface area contributed by atoms with Gasteiger partial charge in [-0.1, -0.05) is 23.7 Å². The number of halogens is 1. The van der Waals surface area contributed by atoms with Crippen LogP contribution < -0.4 is 16.4 Å². The van der Waals surface area contributed by atoms with E-state index < -0.39 is 5.91 Å². The number of likely N-dealkylation sites (N-methyl/N-ethyl adjacent to an activating group) is 1. The van der Waals surface area contributed by atoms with E-state index in [1.165, 1.54) is 12.5 Å². The number of hydrogen-bond acceptors (Lipinski definition) is 6. The van der Waals surface area contributed by atoms with Crippen molar-refractivity contribution in [2.75, 3.05) is 18.9 Å². The minimum Gasteiger partial charge on any atom is -0.366 e. The lowest BCUT2D eigenvalue weighted by atomic mass is 10.1. The number of carbonyl (C=O) groups excluding carboxylic acids is 1. The van der Waals surface area contributed by atoms with Crippen LogP contribution in [0.1, 0.15) is 22.0 Å². The van der Waals surface area contributed by atoms with Crippen LogP contribution in [0.15, 0.2) is 42.9 Å². The van der Waals surface area contributed by atoms with E-state index in [-0.39, 0.29) is 6.04 Å². The molecule has 2 heterocycles. The minimum absolute atomic E-state index is 0.0964. The van der Waals surface area contributed by atoms with Gasteiger partial charge in [-0.25, -0.2) is 9.97 Å². The fraction of sp³-hybridized carbons (Fsp3) is 0.176. The largest absolute Gasteiger partial charge is 0.366 e. The molecule has 0 spiro atoms. The molecule has 0 aliphatic rings. The molecule has 128 valence electrons. The second-order valence-corrected chi connectivity index (χ2v) is 5.89. The lowest BCUT2D eigenvalue weighted by Crippen LogP contribution is -2.24. The van der Waals surface area contributed by atoms with Crippen LogP contribution in [0.2, 0.25) is 5.02 Å². The van der Waals surface area contributed by atoms with E-state index >= 15 is 0 Å². The second-order valence-electron chi connectivity index (χ2n) is 5.45. The highest BCUT2D eigenvalue weighted by molar-refractivity contribution is 6.30. The molecule has 0 aliphatic heterocycles. The molecule has 0 fully saturated rings. The SMILES string of the molecule is CNCC(Nc1ncnc2c(C(N)=O)ccnc12)c1cccc(Cl)c1. The number of carbonyl (C=O) groups is 1. The Bertz CT molecular complexity index is 917. The number of amides is 1. The van der Waals surface area contributed by atoms with Gasteiger partial charge in [-0.2, -0.15) is 0 Å². The number of nitrogens with two attached hydrogens (primary N) is 1. The maximum atomic E-state index is 11.6. The summed E-state index contributed by atoms with van der Waals surface area (Å²) in [6, 6.07) is 9.03. The van der Waals surface area contributed by atoms with Crippen molar-refractivity contribution in [3.05, 3.63) is 59.0 Å². The highest BCUT2D eigenvalue weighted by Crippen LogP contribution is 2.25.